The molecular weight excluding hydrogens is 814 g/mol. The molecule has 0 saturated heterocycles. The largest absolute Gasteiger partial charge is 0.386 e. The van der Waals surface area contributed by atoms with Crippen molar-refractivity contribution in [3.63, 3.8) is 0 Å². The first-order valence-electron chi connectivity index (χ1n) is 14.8. The number of aliphatic hydroxyl groups is 1. The Kier molecular flexibility index (Phi) is 8.21. The van der Waals surface area contributed by atoms with Crippen LogP contribution in [0.5, 0.6) is 0 Å². The zero-order valence-electron chi connectivity index (χ0n) is 26.0. The van der Waals surface area contributed by atoms with Crippen LogP contribution in [0, 0.1) is 11.6 Å². The monoisotopic (exact) mass is 838 g/mol. The van der Waals surface area contributed by atoms with Crippen molar-refractivity contribution < 1.29 is 13.9 Å². The first-order valence-corrected chi connectivity index (χ1v) is 17.3. The average Bonchev–Trinajstić information content (AvgIpc) is 3.62. The fourth-order valence-corrected chi connectivity index (χ4v) is 7.24. The van der Waals surface area contributed by atoms with Crippen molar-refractivity contribution in [1.29, 1.82) is 0 Å². The molecule has 244 valence electrons. The molecule has 2 aromatic carbocycles. The average molecular weight is 841 g/mol. The van der Waals surface area contributed by atoms with Gasteiger partial charge in [0.15, 0.2) is 11.3 Å². The Hall–Kier alpha value is -3.72. The number of hydrogen-bond acceptors (Lipinski definition) is 7. The van der Waals surface area contributed by atoms with Crippen molar-refractivity contribution in [1.82, 2.24) is 29.2 Å². The fraction of sp³-hybridized carbons (Fsp3) is 0.235. The number of aliphatic imine (C=N–C) groups is 2. The third-order valence-electron chi connectivity index (χ3n) is 8.41. The first kappa shape index (κ1) is 32.8. The van der Waals surface area contributed by atoms with Gasteiger partial charge >= 0.3 is 0 Å². The highest BCUT2D eigenvalue weighted by molar-refractivity contribution is 9.11. The van der Waals surface area contributed by atoms with Gasteiger partial charge in [0.2, 0.25) is 0 Å². The summed E-state index contributed by atoms with van der Waals surface area (Å²) in [6.07, 6.45) is 9.45. The molecule has 0 amide bonds. The van der Waals surface area contributed by atoms with E-state index in [0.29, 0.717) is 28.0 Å². The maximum Gasteiger partial charge on any atom is 0.169 e. The molecule has 0 bridgehead atoms. The minimum absolute atomic E-state index is 0.194. The van der Waals surface area contributed by atoms with E-state index in [1.54, 1.807) is 72.1 Å². The molecule has 8 rings (SSSR count). The molecule has 2 aliphatic rings. The molecule has 2 unspecified atom stereocenters. The van der Waals surface area contributed by atoms with Gasteiger partial charge in [-0.1, -0.05) is 40.2 Å². The lowest BCUT2D eigenvalue weighted by Gasteiger charge is -2.34. The third-order valence-corrected chi connectivity index (χ3v) is 11.1. The number of halogens is 5. The van der Waals surface area contributed by atoms with Crippen LogP contribution in [0.1, 0.15) is 72.0 Å². The van der Waals surface area contributed by atoms with Crippen LogP contribution in [0.3, 0.4) is 0 Å². The molecule has 4 aromatic heterocycles. The number of benzene rings is 2. The molecule has 1 N–H and O–H groups in total. The van der Waals surface area contributed by atoms with E-state index in [0.717, 1.165) is 31.4 Å². The number of rotatable bonds is 2. The highest BCUT2D eigenvalue weighted by Gasteiger charge is 2.39. The van der Waals surface area contributed by atoms with Crippen molar-refractivity contribution >= 4 is 70.5 Å². The second kappa shape index (κ2) is 12.0. The predicted octanol–water partition coefficient (Wildman–Crippen LogP) is 7.99. The second-order valence-corrected chi connectivity index (χ2v) is 15.2. The van der Waals surface area contributed by atoms with Crippen molar-refractivity contribution in [2.75, 3.05) is 0 Å². The fourth-order valence-electron chi connectivity index (χ4n) is 5.92. The molecule has 6 aromatic rings. The summed E-state index contributed by atoms with van der Waals surface area (Å²) in [7, 11) is 0. The van der Waals surface area contributed by atoms with Crippen LogP contribution < -0.4 is 0 Å². The van der Waals surface area contributed by atoms with Crippen LogP contribution in [0.25, 0.3) is 11.3 Å². The number of aromatic nitrogens is 6. The van der Waals surface area contributed by atoms with Gasteiger partial charge in [-0.15, -0.1) is 0 Å². The summed E-state index contributed by atoms with van der Waals surface area (Å²) in [5, 5.41) is 19.0. The van der Waals surface area contributed by atoms with Gasteiger partial charge in [-0.3, -0.25) is 9.98 Å². The Morgan fingerprint density at radius 2 is 1.15 bits per heavy atom. The maximum atomic E-state index is 14.5. The first-order chi connectivity index (χ1) is 22.8. The molecule has 6 heterocycles. The number of hydrogen-bond donors (Lipinski definition) is 1. The Bertz CT molecular complexity index is 2150. The van der Waals surface area contributed by atoms with E-state index in [2.05, 4.69) is 72.9 Å². The lowest BCUT2D eigenvalue weighted by atomic mass is 9.82. The summed E-state index contributed by atoms with van der Waals surface area (Å²) in [4.78, 5) is 18.2. The molecule has 0 saturated carbocycles. The summed E-state index contributed by atoms with van der Waals surface area (Å²) in [5.41, 5.74) is 5.20. The maximum absolute atomic E-state index is 14.5. The molecule has 0 fully saturated rings. The molecule has 48 heavy (non-hydrogen) atoms. The van der Waals surface area contributed by atoms with E-state index in [4.69, 9.17) is 4.99 Å². The van der Waals surface area contributed by atoms with E-state index in [1.807, 2.05) is 26.1 Å². The van der Waals surface area contributed by atoms with Crippen molar-refractivity contribution in [3.05, 3.63) is 128 Å². The van der Waals surface area contributed by atoms with Gasteiger partial charge in [0.25, 0.3) is 0 Å². The zero-order chi connectivity index (χ0) is 34.1. The molecule has 2 atom stereocenters. The van der Waals surface area contributed by atoms with Crippen molar-refractivity contribution in [2.24, 2.45) is 9.98 Å². The lowest BCUT2D eigenvalue weighted by molar-refractivity contribution is 0.0995. The number of aliphatic hydroxyl groups excluding tert-OH is 1. The van der Waals surface area contributed by atoms with Crippen LogP contribution >= 0.6 is 47.8 Å². The highest BCUT2D eigenvalue weighted by atomic mass is 79.9. The lowest BCUT2D eigenvalue weighted by Crippen LogP contribution is -2.35. The molecule has 0 aliphatic carbocycles. The molecule has 0 radical (unpaired) electrons. The van der Waals surface area contributed by atoms with Crippen LogP contribution in [-0.2, 0) is 0 Å². The van der Waals surface area contributed by atoms with E-state index < -0.39 is 23.0 Å². The van der Waals surface area contributed by atoms with Crippen LogP contribution in [-0.4, -0.2) is 56.8 Å². The standard InChI is InChI=1S/C17H13Br2FN4.C17H14BrFN4O/c1-17(2)15(19)13-10(4-3-5-12(13)20)14(23-17)9-6-21-16-11(18)7-22-24(16)8-9;1-17(2)15(24)13-10(4-3-5-12(13)19)14(22-17)9-6-20-16-11(18)7-21-23(16)8-9/h3-8,15H,1-2H3;3-8,15,24H,1-2H3. The summed E-state index contributed by atoms with van der Waals surface area (Å²) in [5.74, 6) is -0.665. The normalized spacial score (nSPS) is 19.2. The summed E-state index contributed by atoms with van der Waals surface area (Å²) < 4.78 is 33.8. The highest BCUT2D eigenvalue weighted by Crippen LogP contribution is 2.44. The van der Waals surface area contributed by atoms with Crippen LogP contribution in [0.4, 0.5) is 8.78 Å². The minimum Gasteiger partial charge on any atom is -0.386 e. The van der Waals surface area contributed by atoms with Gasteiger partial charge in [-0.2, -0.15) is 10.2 Å². The number of nitrogens with zero attached hydrogens (tertiary/aromatic N) is 8. The Labute approximate surface area is 299 Å². The molecule has 9 nitrogen and oxygen atoms in total. The quantitative estimate of drug-likeness (QED) is 0.178. The SMILES string of the molecule is CC1(C)N=C(c2cnc3c(Br)cnn3c2)c2cccc(F)c2C1Br.CC1(C)N=C(c2cnc3c(Br)cnn3c2)c2cccc(F)c2C1O. The van der Waals surface area contributed by atoms with E-state index >= 15 is 0 Å². The zero-order valence-corrected chi connectivity index (χ0v) is 30.8. The number of alkyl halides is 1. The van der Waals surface area contributed by atoms with Gasteiger partial charge in [-0.25, -0.2) is 27.8 Å². The molecule has 14 heteroatoms. The van der Waals surface area contributed by atoms with E-state index in [1.165, 1.54) is 12.1 Å². The van der Waals surface area contributed by atoms with Gasteiger partial charge in [0.1, 0.15) is 17.7 Å². The summed E-state index contributed by atoms with van der Waals surface area (Å²) >= 11 is 10.4. The molecule has 0 spiro atoms. The predicted molar refractivity (Wildman–Crippen MR) is 190 cm³/mol. The van der Waals surface area contributed by atoms with Crippen molar-refractivity contribution in [2.45, 2.75) is 49.7 Å². The van der Waals surface area contributed by atoms with E-state index in [-0.39, 0.29) is 16.2 Å². The molecule has 2 aliphatic heterocycles. The van der Waals surface area contributed by atoms with Crippen LogP contribution in [0.2, 0.25) is 0 Å². The van der Waals surface area contributed by atoms with Crippen molar-refractivity contribution in [3.8, 4) is 0 Å². The van der Waals surface area contributed by atoms with Gasteiger partial charge in [-0.05, 0) is 71.7 Å². The Morgan fingerprint density at radius 1 is 0.688 bits per heavy atom. The Balaban J connectivity index is 0.000000152. The minimum atomic E-state index is -1.01. The van der Waals surface area contributed by atoms with Gasteiger partial charge < -0.3 is 5.11 Å². The summed E-state index contributed by atoms with van der Waals surface area (Å²) in [6, 6.07) is 9.82. The van der Waals surface area contributed by atoms with Crippen LogP contribution in [0.15, 0.2) is 92.5 Å². The summed E-state index contributed by atoms with van der Waals surface area (Å²) in [6.45, 7) is 7.53. The van der Waals surface area contributed by atoms with Gasteiger partial charge in [0.05, 0.1) is 48.7 Å². The van der Waals surface area contributed by atoms with Gasteiger partial charge in [0, 0.05) is 58.2 Å². The smallest absolute Gasteiger partial charge is 0.169 e. The van der Waals surface area contributed by atoms with E-state index in [9.17, 15) is 13.9 Å². The third kappa shape index (κ3) is 5.52. The molecular formula is C34H27Br3F2N8O. The second-order valence-electron chi connectivity index (χ2n) is 12.6. The topological polar surface area (TPSA) is 105 Å². The number of fused-ring (bicyclic) bond motifs is 4. The Morgan fingerprint density at radius 3 is 1.67 bits per heavy atom.